The molecule has 3 rings (SSSR count). The van der Waals surface area contributed by atoms with E-state index in [1.165, 1.54) is 18.5 Å². The van der Waals surface area contributed by atoms with E-state index in [1.54, 1.807) is 17.9 Å². The van der Waals surface area contributed by atoms with Gasteiger partial charge in [-0.2, -0.15) is 10.2 Å². The summed E-state index contributed by atoms with van der Waals surface area (Å²) in [5, 5.41) is 7.37. The summed E-state index contributed by atoms with van der Waals surface area (Å²) < 4.78 is 5.64. The summed E-state index contributed by atoms with van der Waals surface area (Å²) in [5.74, 6) is 0.300. The van der Waals surface area contributed by atoms with E-state index < -0.39 is 6.10 Å². The molecule has 114 valence electrons. The third-order valence-electron chi connectivity index (χ3n) is 3.38. The van der Waals surface area contributed by atoms with Crippen LogP contribution in [0.25, 0.3) is 0 Å². The molecule has 1 aliphatic rings. The molecule has 0 aliphatic carbocycles. The highest BCUT2D eigenvalue weighted by molar-refractivity contribution is 5.93. The minimum Gasteiger partial charge on any atom is -0.367 e. The van der Waals surface area contributed by atoms with Gasteiger partial charge in [0.15, 0.2) is 0 Å². The number of amides is 1. The molecule has 1 fully saturated rings. The molecule has 0 bridgehead atoms. The largest absolute Gasteiger partial charge is 0.367 e. The molecular formula is C14H15N5O3. The molecule has 1 aliphatic heterocycles. The third-order valence-corrected chi connectivity index (χ3v) is 3.38. The Bertz CT molecular complexity index is 731. The number of hydrogen-bond acceptors (Lipinski definition) is 6. The molecule has 1 atom stereocenters. The molecule has 8 nitrogen and oxygen atoms in total. The molecule has 8 heteroatoms. The van der Waals surface area contributed by atoms with E-state index in [-0.39, 0.29) is 11.5 Å². The van der Waals surface area contributed by atoms with Gasteiger partial charge in [0, 0.05) is 18.3 Å². The smallest absolute Gasteiger partial charge is 0.255 e. The number of aryl methyl sites for hydroxylation is 1. The van der Waals surface area contributed by atoms with Crippen molar-refractivity contribution in [2.45, 2.75) is 13.0 Å². The third kappa shape index (κ3) is 3.01. The summed E-state index contributed by atoms with van der Waals surface area (Å²) in [6.07, 6.45) is 2.46. The first-order valence-electron chi connectivity index (χ1n) is 6.89. The number of aromatic nitrogens is 4. The first-order chi connectivity index (χ1) is 10.6. The van der Waals surface area contributed by atoms with Crippen LogP contribution in [0, 0.1) is 6.92 Å². The molecule has 1 N–H and O–H groups in total. The maximum atomic E-state index is 12.4. The van der Waals surface area contributed by atoms with Gasteiger partial charge in [-0.15, -0.1) is 0 Å². The van der Waals surface area contributed by atoms with E-state index in [0.717, 1.165) is 0 Å². The van der Waals surface area contributed by atoms with E-state index in [9.17, 15) is 9.59 Å². The average molecular weight is 301 g/mol. The summed E-state index contributed by atoms with van der Waals surface area (Å²) in [5.41, 5.74) is 0.860. The second-order valence-corrected chi connectivity index (χ2v) is 5.01. The number of hydrogen-bond donors (Lipinski definition) is 1. The molecule has 0 radical (unpaired) electrons. The van der Waals surface area contributed by atoms with Gasteiger partial charge in [0.25, 0.3) is 11.5 Å². The van der Waals surface area contributed by atoms with E-state index in [2.05, 4.69) is 20.2 Å². The Hall–Kier alpha value is -2.61. The van der Waals surface area contributed by atoms with Crippen LogP contribution in [0.4, 0.5) is 0 Å². The van der Waals surface area contributed by atoms with Gasteiger partial charge in [-0.1, -0.05) is 0 Å². The Morgan fingerprint density at radius 3 is 3.05 bits per heavy atom. The van der Waals surface area contributed by atoms with Gasteiger partial charge >= 0.3 is 0 Å². The number of morpholine rings is 1. The summed E-state index contributed by atoms with van der Waals surface area (Å²) in [6, 6.07) is 3.03. The van der Waals surface area contributed by atoms with Crippen molar-refractivity contribution in [3.8, 4) is 0 Å². The second kappa shape index (κ2) is 6.02. The van der Waals surface area contributed by atoms with Crippen molar-refractivity contribution in [2.75, 3.05) is 19.7 Å². The Balaban J connectivity index is 1.79. The van der Waals surface area contributed by atoms with Gasteiger partial charge in [0.05, 0.1) is 31.1 Å². The topological polar surface area (TPSA) is 101 Å². The van der Waals surface area contributed by atoms with Crippen LogP contribution < -0.4 is 5.56 Å². The summed E-state index contributed by atoms with van der Waals surface area (Å²) in [6.45, 7) is 2.93. The van der Waals surface area contributed by atoms with Gasteiger partial charge in [-0.25, -0.2) is 4.98 Å². The van der Waals surface area contributed by atoms with Gasteiger partial charge in [-0.3, -0.25) is 9.59 Å². The van der Waals surface area contributed by atoms with Crippen molar-refractivity contribution in [2.24, 2.45) is 0 Å². The molecule has 1 amide bonds. The minimum absolute atomic E-state index is 0.141. The molecule has 0 aromatic carbocycles. The maximum Gasteiger partial charge on any atom is 0.255 e. The van der Waals surface area contributed by atoms with Gasteiger partial charge < -0.3 is 14.6 Å². The molecule has 22 heavy (non-hydrogen) atoms. The molecule has 0 spiro atoms. The molecule has 3 heterocycles. The molecule has 2 aromatic rings. The number of ether oxygens (including phenoxy) is 1. The van der Waals surface area contributed by atoms with Crippen LogP contribution >= 0.6 is 0 Å². The molecule has 0 unspecified atom stereocenters. The van der Waals surface area contributed by atoms with E-state index in [0.29, 0.717) is 36.8 Å². The molecule has 0 saturated carbocycles. The predicted octanol–water partition coefficient (Wildman–Crippen LogP) is 0.0820. The van der Waals surface area contributed by atoms with Crippen molar-refractivity contribution < 1.29 is 9.53 Å². The fraction of sp³-hybridized carbons (Fsp3) is 0.357. The van der Waals surface area contributed by atoms with Crippen molar-refractivity contribution in [1.82, 2.24) is 25.1 Å². The first kappa shape index (κ1) is 14.3. The van der Waals surface area contributed by atoms with Gasteiger partial charge in [-0.05, 0) is 13.0 Å². The zero-order valence-corrected chi connectivity index (χ0v) is 12.0. The number of carbonyl (C=O) groups excluding carboxylic acids is 1. The summed E-state index contributed by atoms with van der Waals surface area (Å²) in [7, 11) is 0. The Morgan fingerprint density at radius 1 is 1.45 bits per heavy atom. The normalized spacial score (nSPS) is 18.2. The number of aromatic amines is 1. The lowest BCUT2D eigenvalue weighted by atomic mass is 10.2. The van der Waals surface area contributed by atoms with Crippen LogP contribution in [0.3, 0.4) is 0 Å². The van der Waals surface area contributed by atoms with Crippen molar-refractivity contribution in [3.05, 3.63) is 52.0 Å². The lowest BCUT2D eigenvalue weighted by molar-refractivity contribution is -0.0270. The van der Waals surface area contributed by atoms with Crippen molar-refractivity contribution in [1.29, 1.82) is 0 Å². The minimum atomic E-state index is -0.444. The lowest BCUT2D eigenvalue weighted by Gasteiger charge is -2.32. The van der Waals surface area contributed by atoms with Gasteiger partial charge in [0.2, 0.25) is 0 Å². The number of nitrogens with zero attached hydrogens (tertiary/aromatic N) is 4. The van der Waals surface area contributed by atoms with E-state index >= 15 is 0 Å². The van der Waals surface area contributed by atoms with Gasteiger partial charge in [0.1, 0.15) is 11.9 Å². The monoisotopic (exact) mass is 301 g/mol. The SMILES string of the molecule is Cc1cc(=O)[nH]c([C@@H]2CN(C(=O)c3ccnnc3)CCO2)n1. The Labute approximate surface area is 126 Å². The number of nitrogens with one attached hydrogen (secondary N) is 1. The van der Waals surface area contributed by atoms with Crippen LogP contribution in [0.2, 0.25) is 0 Å². The summed E-state index contributed by atoms with van der Waals surface area (Å²) >= 11 is 0. The first-order valence-corrected chi connectivity index (χ1v) is 6.89. The van der Waals surface area contributed by atoms with Crippen LogP contribution in [0.5, 0.6) is 0 Å². The maximum absolute atomic E-state index is 12.4. The van der Waals surface area contributed by atoms with Crippen molar-refractivity contribution in [3.63, 3.8) is 0 Å². The van der Waals surface area contributed by atoms with E-state index in [4.69, 9.17) is 4.74 Å². The zero-order valence-electron chi connectivity index (χ0n) is 12.0. The van der Waals surface area contributed by atoms with Crippen LogP contribution in [-0.2, 0) is 4.74 Å². The molecule has 1 saturated heterocycles. The molecular weight excluding hydrogens is 286 g/mol. The Morgan fingerprint density at radius 2 is 2.32 bits per heavy atom. The standard InChI is InChI=1S/C14H15N5O3/c1-9-6-12(20)18-13(17-9)11-8-19(4-5-22-11)14(21)10-2-3-15-16-7-10/h2-3,6-7,11H,4-5,8H2,1H3,(H,17,18,20)/t11-/m0/s1. The van der Waals surface area contributed by atoms with E-state index in [1.807, 2.05) is 0 Å². The number of H-pyrrole nitrogens is 1. The van der Waals surface area contributed by atoms with Crippen LogP contribution in [-0.4, -0.2) is 50.7 Å². The number of carbonyl (C=O) groups is 1. The zero-order chi connectivity index (χ0) is 15.5. The Kier molecular flexibility index (Phi) is 3.92. The highest BCUT2D eigenvalue weighted by Crippen LogP contribution is 2.19. The molecule has 2 aromatic heterocycles. The second-order valence-electron chi connectivity index (χ2n) is 5.01. The average Bonchev–Trinajstić information content (AvgIpc) is 2.54. The highest BCUT2D eigenvalue weighted by atomic mass is 16.5. The van der Waals surface area contributed by atoms with Crippen LogP contribution in [0.1, 0.15) is 28.0 Å². The van der Waals surface area contributed by atoms with Crippen LogP contribution in [0.15, 0.2) is 29.3 Å². The highest BCUT2D eigenvalue weighted by Gasteiger charge is 2.27. The fourth-order valence-electron chi connectivity index (χ4n) is 2.35. The lowest BCUT2D eigenvalue weighted by Crippen LogP contribution is -2.43. The fourth-order valence-corrected chi connectivity index (χ4v) is 2.35. The predicted molar refractivity (Wildman–Crippen MR) is 76.2 cm³/mol. The number of rotatable bonds is 2. The summed E-state index contributed by atoms with van der Waals surface area (Å²) in [4.78, 5) is 32.6. The quantitative estimate of drug-likeness (QED) is 0.843. The van der Waals surface area contributed by atoms with Crippen molar-refractivity contribution >= 4 is 5.91 Å².